The zero-order chi connectivity index (χ0) is 17.8. The summed E-state index contributed by atoms with van der Waals surface area (Å²) in [6.07, 6.45) is 8.85. The molecule has 0 atom stereocenters. The van der Waals surface area contributed by atoms with Gasteiger partial charge in [-0.2, -0.15) is 0 Å². The first-order valence-corrected chi connectivity index (χ1v) is 9.79. The normalized spacial score (nSPS) is 34.0. The van der Waals surface area contributed by atoms with E-state index in [1.54, 1.807) is 7.11 Å². The van der Waals surface area contributed by atoms with Gasteiger partial charge in [-0.3, -0.25) is 4.99 Å². The van der Waals surface area contributed by atoms with Crippen LogP contribution in [0, 0.1) is 23.7 Å². The maximum Gasteiger partial charge on any atom is 0.128 e. The predicted octanol–water partition coefficient (Wildman–Crippen LogP) is 4.94. The van der Waals surface area contributed by atoms with Crippen LogP contribution in [0.4, 0.5) is 0 Å². The van der Waals surface area contributed by atoms with Crippen LogP contribution in [0.15, 0.2) is 17.1 Å². The van der Waals surface area contributed by atoms with Crippen molar-refractivity contribution in [3.63, 3.8) is 0 Å². The van der Waals surface area contributed by atoms with E-state index < -0.39 is 0 Å². The van der Waals surface area contributed by atoms with Crippen LogP contribution in [-0.4, -0.2) is 24.5 Å². The lowest BCUT2D eigenvalue weighted by Gasteiger charge is -2.53. The molecule has 1 aromatic carbocycles. The van der Waals surface area contributed by atoms with Gasteiger partial charge in [-0.05, 0) is 73.3 Å². The summed E-state index contributed by atoms with van der Waals surface area (Å²) in [5.74, 6) is 4.60. The van der Waals surface area contributed by atoms with Gasteiger partial charge in [0, 0.05) is 17.3 Å². The molecule has 3 heteroatoms. The van der Waals surface area contributed by atoms with Crippen molar-refractivity contribution in [2.45, 2.75) is 64.3 Å². The summed E-state index contributed by atoms with van der Waals surface area (Å²) in [7, 11) is 1.68. The molecular weight excluding hydrogens is 310 g/mol. The Balaban J connectivity index is 1.63. The summed E-state index contributed by atoms with van der Waals surface area (Å²) >= 11 is 0. The van der Waals surface area contributed by atoms with Crippen LogP contribution in [0.3, 0.4) is 0 Å². The highest BCUT2D eigenvalue weighted by Gasteiger charge is 2.48. The monoisotopic (exact) mass is 341 g/mol. The lowest BCUT2D eigenvalue weighted by molar-refractivity contribution is 0.00146. The highest BCUT2D eigenvalue weighted by molar-refractivity contribution is 5.85. The number of aromatic hydroxyl groups is 1. The molecule has 4 aliphatic carbocycles. The Labute approximate surface area is 151 Å². The Morgan fingerprint density at radius 1 is 1.04 bits per heavy atom. The summed E-state index contributed by atoms with van der Waals surface area (Å²) in [6, 6.07) is 4.30. The first-order valence-electron chi connectivity index (χ1n) is 9.79. The van der Waals surface area contributed by atoms with Gasteiger partial charge in [0.25, 0.3) is 0 Å². The SMILES string of the molecule is COc1cc(C=NC2C3CC4CC(C3)CC2C4)c(O)c(C(C)(C)C)c1. The van der Waals surface area contributed by atoms with Crippen LogP contribution < -0.4 is 4.74 Å². The van der Waals surface area contributed by atoms with Gasteiger partial charge in [0.1, 0.15) is 11.5 Å². The fraction of sp³-hybridized carbons (Fsp3) is 0.682. The van der Waals surface area contributed by atoms with Crippen molar-refractivity contribution in [2.24, 2.45) is 28.7 Å². The zero-order valence-corrected chi connectivity index (χ0v) is 16.0. The molecule has 5 rings (SSSR count). The van der Waals surface area contributed by atoms with Crippen molar-refractivity contribution in [3.8, 4) is 11.5 Å². The quantitative estimate of drug-likeness (QED) is 0.791. The first-order chi connectivity index (χ1) is 11.8. The third-order valence-corrected chi connectivity index (χ3v) is 6.72. The lowest BCUT2D eigenvalue weighted by atomic mass is 9.54. The van der Waals surface area contributed by atoms with Gasteiger partial charge in [-0.25, -0.2) is 0 Å². The number of aliphatic imine (C=N–C) groups is 1. The second-order valence-corrected chi connectivity index (χ2v) is 9.56. The van der Waals surface area contributed by atoms with E-state index in [2.05, 4.69) is 20.8 Å². The predicted molar refractivity (Wildman–Crippen MR) is 102 cm³/mol. The number of phenolic OH excluding ortho intramolecular Hbond substituents is 1. The van der Waals surface area contributed by atoms with E-state index >= 15 is 0 Å². The van der Waals surface area contributed by atoms with E-state index in [0.29, 0.717) is 11.8 Å². The van der Waals surface area contributed by atoms with Gasteiger partial charge in [-0.1, -0.05) is 20.8 Å². The molecule has 1 N–H and O–H groups in total. The van der Waals surface area contributed by atoms with Gasteiger partial charge in [0.05, 0.1) is 13.2 Å². The molecule has 0 amide bonds. The van der Waals surface area contributed by atoms with Crippen molar-refractivity contribution in [1.82, 2.24) is 0 Å². The number of methoxy groups -OCH3 is 1. The summed E-state index contributed by atoms with van der Waals surface area (Å²) in [6.45, 7) is 6.33. The summed E-state index contributed by atoms with van der Waals surface area (Å²) in [4.78, 5) is 5.01. The number of rotatable bonds is 3. The van der Waals surface area contributed by atoms with Crippen LogP contribution in [0.2, 0.25) is 0 Å². The Kier molecular flexibility index (Phi) is 4.09. The second kappa shape index (κ2) is 6.03. The van der Waals surface area contributed by atoms with Crippen LogP contribution in [0.5, 0.6) is 11.5 Å². The third-order valence-electron chi connectivity index (χ3n) is 6.72. The second-order valence-electron chi connectivity index (χ2n) is 9.56. The minimum Gasteiger partial charge on any atom is -0.507 e. The largest absolute Gasteiger partial charge is 0.507 e. The third kappa shape index (κ3) is 3.07. The molecule has 4 bridgehead atoms. The van der Waals surface area contributed by atoms with Gasteiger partial charge in [-0.15, -0.1) is 0 Å². The highest BCUT2D eigenvalue weighted by atomic mass is 16.5. The molecule has 0 saturated heterocycles. The first kappa shape index (κ1) is 16.9. The molecule has 136 valence electrons. The number of benzene rings is 1. The minimum atomic E-state index is -0.135. The summed E-state index contributed by atoms with van der Waals surface area (Å²) in [5, 5.41) is 10.8. The lowest BCUT2D eigenvalue weighted by Crippen LogP contribution is -2.47. The van der Waals surface area contributed by atoms with E-state index in [9.17, 15) is 5.11 Å². The van der Waals surface area contributed by atoms with Gasteiger partial charge in [0.2, 0.25) is 0 Å². The Morgan fingerprint density at radius 2 is 1.64 bits per heavy atom. The molecule has 4 fully saturated rings. The molecule has 0 aromatic heterocycles. The molecule has 3 nitrogen and oxygen atoms in total. The number of phenols is 1. The van der Waals surface area contributed by atoms with E-state index in [1.165, 1.54) is 32.1 Å². The number of hydrogen-bond acceptors (Lipinski definition) is 3. The molecule has 1 aromatic rings. The molecule has 0 unspecified atom stereocenters. The Morgan fingerprint density at radius 3 is 2.16 bits per heavy atom. The fourth-order valence-electron chi connectivity index (χ4n) is 5.72. The standard InChI is InChI=1S/C22H31NO2/c1-22(2,3)19-11-18(25-4)10-17(21(19)24)12-23-20-15-6-13-5-14(8-15)9-16(20)7-13/h10-16,20,24H,5-9H2,1-4H3. The Hall–Kier alpha value is -1.51. The van der Waals surface area contributed by atoms with E-state index in [0.717, 1.165) is 40.5 Å². The molecule has 4 aliphatic rings. The number of nitrogens with zero attached hydrogens (tertiary/aromatic N) is 1. The highest BCUT2D eigenvalue weighted by Crippen LogP contribution is 2.54. The fourth-order valence-corrected chi connectivity index (χ4v) is 5.72. The average Bonchev–Trinajstić information content (AvgIpc) is 2.53. The molecule has 0 radical (unpaired) electrons. The van der Waals surface area contributed by atoms with Crippen LogP contribution in [0.25, 0.3) is 0 Å². The van der Waals surface area contributed by atoms with Crippen LogP contribution >= 0.6 is 0 Å². The minimum absolute atomic E-state index is 0.135. The van der Waals surface area contributed by atoms with Crippen molar-refractivity contribution in [1.29, 1.82) is 0 Å². The van der Waals surface area contributed by atoms with E-state index in [1.807, 2.05) is 18.3 Å². The van der Waals surface area contributed by atoms with Gasteiger partial charge in [0.15, 0.2) is 0 Å². The summed E-state index contributed by atoms with van der Waals surface area (Å²) in [5.41, 5.74) is 1.57. The van der Waals surface area contributed by atoms with Crippen LogP contribution in [-0.2, 0) is 5.41 Å². The van der Waals surface area contributed by atoms with Crippen molar-refractivity contribution < 1.29 is 9.84 Å². The van der Waals surface area contributed by atoms with E-state index in [4.69, 9.17) is 9.73 Å². The van der Waals surface area contributed by atoms with E-state index in [-0.39, 0.29) is 5.41 Å². The number of hydrogen-bond donors (Lipinski definition) is 1. The van der Waals surface area contributed by atoms with Crippen molar-refractivity contribution in [2.75, 3.05) is 7.11 Å². The molecule has 0 heterocycles. The zero-order valence-electron chi connectivity index (χ0n) is 16.0. The number of ether oxygens (including phenoxy) is 1. The van der Waals surface area contributed by atoms with Crippen LogP contribution in [0.1, 0.15) is 64.0 Å². The molecule has 25 heavy (non-hydrogen) atoms. The average molecular weight is 341 g/mol. The molecule has 4 saturated carbocycles. The molecule has 0 aliphatic heterocycles. The smallest absolute Gasteiger partial charge is 0.128 e. The maximum atomic E-state index is 10.8. The van der Waals surface area contributed by atoms with Crippen molar-refractivity contribution in [3.05, 3.63) is 23.3 Å². The maximum absolute atomic E-state index is 10.8. The molecule has 0 spiro atoms. The Bertz CT molecular complexity index is 658. The van der Waals surface area contributed by atoms with Crippen molar-refractivity contribution >= 4 is 6.21 Å². The van der Waals surface area contributed by atoms with Gasteiger partial charge < -0.3 is 9.84 Å². The molecular formula is C22H31NO2. The topological polar surface area (TPSA) is 41.8 Å². The summed E-state index contributed by atoms with van der Waals surface area (Å²) < 4.78 is 5.46. The van der Waals surface area contributed by atoms with Gasteiger partial charge >= 0.3 is 0 Å².